The number of rotatable bonds is 4. The van der Waals surface area contributed by atoms with Crippen LogP contribution in [0.3, 0.4) is 0 Å². The van der Waals surface area contributed by atoms with Gasteiger partial charge in [0.2, 0.25) is 0 Å². The topological polar surface area (TPSA) is 46.4 Å². The summed E-state index contributed by atoms with van der Waals surface area (Å²) in [7, 11) is 0. The van der Waals surface area contributed by atoms with E-state index in [2.05, 4.69) is 26.5 Å². The third-order valence-corrected chi connectivity index (χ3v) is 4.23. The van der Waals surface area contributed by atoms with Gasteiger partial charge in [-0.25, -0.2) is 5.43 Å². The number of nitrogens with one attached hydrogen (secondary N) is 1. The summed E-state index contributed by atoms with van der Waals surface area (Å²) in [6.45, 7) is 0. The second-order valence-electron chi connectivity index (χ2n) is 5.56. The molecule has 0 bridgehead atoms. The molecular weight excluding hydrogens is 423 g/mol. The largest absolute Gasteiger partial charge is 0.416 e. The summed E-state index contributed by atoms with van der Waals surface area (Å²) < 4.78 is 41.0. The van der Waals surface area contributed by atoms with Crippen molar-refractivity contribution in [3.8, 4) is 5.69 Å². The molecule has 0 fully saturated rings. The van der Waals surface area contributed by atoms with Crippen LogP contribution < -0.4 is 5.43 Å². The van der Waals surface area contributed by atoms with Crippen LogP contribution in [-0.4, -0.2) is 16.7 Å². The first-order chi connectivity index (χ1) is 12.8. The molecule has 0 unspecified atom stereocenters. The van der Waals surface area contributed by atoms with Crippen LogP contribution in [0.4, 0.5) is 13.2 Å². The van der Waals surface area contributed by atoms with Crippen molar-refractivity contribution in [3.63, 3.8) is 0 Å². The molecule has 8 heteroatoms. The Labute approximate surface area is 161 Å². The van der Waals surface area contributed by atoms with E-state index in [-0.39, 0.29) is 5.56 Å². The summed E-state index contributed by atoms with van der Waals surface area (Å²) in [6, 6.07) is 15.4. The van der Waals surface area contributed by atoms with Crippen molar-refractivity contribution in [2.24, 2.45) is 5.10 Å². The minimum Gasteiger partial charge on any atom is -0.316 e. The van der Waals surface area contributed by atoms with Crippen molar-refractivity contribution in [1.82, 2.24) is 9.99 Å². The molecule has 3 aromatic rings. The van der Waals surface area contributed by atoms with E-state index in [1.165, 1.54) is 18.3 Å². The number of hydrogen-bond acceptors (Lipinski definition) is 2. The molecule has 27 heavy (non-hydrogen) atoms. The van der Waals surface area contributed by atoms with Gasteiger partial charge in [-0.2, -0.15) is 18.3 Å². The second kappa shape index (κ2) is 7.79. The molecule has 1 amide bonds. The molecule has 0 atom stereocenters. The van der Waals surface area contributed by atoms with Crippen molar-refractivity contribution in [3.05, 3.63) is 88.2 Å². The number of hydrazone groups is 1. The first-order valence-corrected chi connectivity index (χ1v) is 8.58. The van der Waals surface area contributed by atoms with Gasteiger partial charge in [0.05, 0.1) is 17.5 Å². The van der Waals surface area contributed by atoms with Gasteiger partial charge in [-0.3, -0.25) is 4.79 Å². The van der Waals surface area contributed by atoms with Crippen molar-refractivity contribution in [2.45, 2.75) is 6.18 Å². The molecule has 138 valence electrons. The van der Waals surface area contributed by atoms with E-state index in [0.29, 0.717) is 5.69 Å². The average molecular weight is 436 g/mol. The standard InChI is InChI=1S/C19H13BrF3N3O/c20-15-6-8-16(9-7-15)26-10-2-5-17(26)12-24-25-18(27)13-3-1-4-14(11-13)19(21,22)23/h1-12H,(H,25,27). The number of carbonyl (C=O) groups excluding carboxylic acids is 1. The van der Waals surface area contributed by atoms with Crippen LogP contribution in [0, 0.1) is 0 Å². The lowest BCUT2D eigenvalue weighted by Crippen LogP contribution is -2.18. The lowest BCUT2D eigenvalue weighted by Gasteiger charge is -2.08. The van der Waals surface area contributed by atoms with E-state index in [1.54, 1.807) is 6.07 Å². The number of aromatic nitrogens is 1. The lowest BCUT2D eigenvalue weighted by molar-refractivity contribution is -0.137. The molecule has 0 aliphatic heterocycles. The zero-order chi connectivity index (χ0) is 19.4. The zero-order valence-corrected chi connectivity index (χ0v) is 15.3. The maximum Gasteiger partial charge on any atom is 0.416 e. The van der Waals surface area contributed by atoms with E-state index in [1.807, 2.05) is 41.1 Å². The Kier molecular flexibility index (Phi) is 5.46. The molecule has 4 nitrogen and oxygen atoms in total. The number of hydrogen-bond donors (Lipinski definition) is 1. The molecular formula is C19H13BrF3N3O. The molecule has 3 rings (SSSR count). The van der Waals surface area contributed by atoms with Gasteiger partial charge < -0.3 is 4.57 Å². The Bertz CT molecular complexity index is 978. The van der Waals surface area contributed by atoms with Crippen molar-refractivity contribution < 1.29 is 18.0 Å². The molecule has 0 saturated heterocycles. The number of benzene rings is 2. The van der Waals surface area contributed by atoms with Crippen LogP contribution in [0.2, 0.25) is 0 Å². The van der Waals surface area contributed by atoms with Crippen LogP contribution >= 0.6 is 15.9 Å². The number of carbonyl (C=O) groups is 1. The monoisotopic (exact) mass is 435 g/mol. The van der Waals surface area contributed by atoms with Crippen molar-refractivity contribution in [1.29, 1.82) is 0 Å². The van der Waals surface area contributed by atoms with Gasteiger partial charge in [-0.15, -0.1) is 0 Å². The maximum absolute atomic E-state index is 12.7. The van der Waals surface area contributed by atoms with Crippen molar-refractivity contribution >= 4 is 28.1 Å². The van der Waals surface area contributed by atoms with Crippen molar-refractivity contribution in [2.75, 3.05) is 0 Å². The van der Waals surface area contributed by atoms with Crippen LogP contribution in [0.15, 0.2) is 76.4 Å². The van der Waals surface area contributed by atoms with E-state index in [0.717, 1.165) is 22.3 Å². The van der Waals surface area contributed by atoms with Crippen LogP contribution in [0.25, 0.3) is 5.69 Å². The smallest absolute Gasteiger partial charge is 0.316 e. The first kappa shape index (κ1) is 18.9. The van der Waals surface area contributed by atoms with Gasteiger partial charge in [0, 0.05) is 21.9 Å². The molecule has 2 aromatic carbocycles. The lowest BCUT2D eigenvalue weighted by atomic mass is 10.1. The Morgan fingerprint density at radius 1 is 1.07 bits per heavy atom. The Balaban J connectivity index is 1.73. The SMILES string of the molecule is O=C(NN=Cc1cccn1-c1ccc(Br)cc1)c1cccc(C(F)(F)F)c1. The van der Waals surface area contributed by atoms with Gasteiger partial charge in [0.15, 0.2) is 0 Å². The zero-order valence-electron chi connectivity index (χ0n) is 13.7. The third-order valence-electron chi connectivity index (χ3n) is 3.70. The highest BCUT2D eigenvalue weighted by Gasteiger charge is 2.30. The van der Waals surface area contributed by atoms with E-state index in [4.69, 9.17) is 0 Å². The molecule has 1 N–H and O–H groups in total. The number of alkyl halides is 3. The molecule has 0 saturated carbocycles. The highest BCUT2D eigenvalue weighted by Crippen LogP contribution is 2.29. The summed E-state index contributed by atoms with van der Waals surface area (Å²) in [5.41, 5.74) is 2.83. The van der Waals surface area contributed by atoms with Crippen LogP contribution in [-0.2, 0) is 6.18 Å². The molecule has 1 aromatic heterocycles. The Hall–Kier alpha value is -2.87. The summed E-state index contributed by atoms with van der Waals surface area (Å²) in [5, 5.41) is 3.85. The van der Waals surface area contributed by atoms with Gasteiger partial charge in [-0.05, 0) is 54.6 Å². The minimum absolute atomic E-state index is 0.120. The molecule has 0 radical (unpaired) electrons. The molecule has 1 heterocycles. The highest BCUT2D eigenvalue weighted by atomic mass is 79.9. The second-order valence-corrected chi connectivity index (χ2v) is 6.47. The molecule has 0 aliphatic carbocycles. The van der Waals surface area contributed by atoms with Gasteiger partial charge >= 0.3 is 6.18 Å². The fourth-order valence-electron chi connectivity index (χ4n) is 2.39. The summed E-state index contributed by atoms with van der Waals surface area (Å²) in [4.78, 5) is 12.0. The fraction of sp³-hybridized carbons (Fsp3) is 0.0526. The summed E-state index contributed by atoms with van der Waals surface area (Å²) in [6.07, 6.45) is -1.25. The van der Waals surface area contributed by atoms with E-state index < -0.39 is 17.6 Å². The quantitative estimate of drug-likeness (QED) is 0.453. The highest BCUT2D eigenvalue weighted by molar-refractivity contribution is 9.10. The van der Waals surface area contributed by atoms with E-state index in [9.17, 15) is 18.0 Å². The Morgan fingerprint density at radius 2 is 1.81 bits per heavy atom. The predicted octanol–water partition coefficient (Wildman–Crippen LogP) is 5.02. The first-order valence-electron chi connectivity index (χ1n) is 7.78. The number of halogens is 4. The average Bonchev–Trinajstić information content (AvgIpc) is 3.10. The van der Waals surface area contributed by atoms with Crippen LogP contribution in [0.1, 0.15) is 21.6 Å². The predicted molar refractivity (Wildman–Crippen MR) is 100.0 cm³/mol. The number of amides is 1. The van der Waals surface area contributed by atoms with Gasteiger partial charge in [-0.1, -0.05) is 22.0 Å². The normalized spacial score (nSPS) is 11.7. The van der Waals surface area contributed by atoms with Gasteiger partial charge in [0.1, 0.15) is 0 Å². The van der Waals surface area contributed by atoms with Crippen LogP contribution in [0.5, 0.6) is 0 Å². The van der Waals surface area contributed by atoms with E-state index >= 15 is 0 Å². The molecule has 0 spiro atoms. The Morgan fingerprint density at radius 3 is 2.52 bits per heavy atom. The summed E-state index contributed by atoms with van der Waals surface area (Å²) >= 11 is 3.37. The fourth-order valence-corrected chi connectivity index (χ4v) is 2.66. The van der Waals surface area contributed by atoms with Gasteiger partial charge in [0.25, 0.3) is 5.91 Å². The summed E-state index contributed by atoms with van der Waals surface area (Å²) in [5.74, 6) is -0.723. The molecule has 0 aliphatic rings. The number of nitrogens with zero attached hydrogens (tertiary/aromatic N) is 2. The third kappa shape index (κ3) is 4.65. The minimum atomic E-state index is -4.51. The maximum atomic E-state index is 12.7.